The first-order valence-corrected chi connectivity index (χ1v) is 12.6. The van der Waals surface area contributed by atoms with Crippen molar-refractivity contribution >= 4 is 33.7 Å². The Hall–Kier alpha value is -3.36. The number of benzene rings is 2. The van der Waals surface area contributed by atoms with Crippen LogP contribution in [0.25, 0.3) is 0 Å². The van der Waals surface area contributed by atoms with Crippen molar-refractivity contribution in [3.63, 3.8) is 0 Å². The van der Waals surface area contributed by atoms with Crippen molar-refractivity contribution in [3.05, 3.63) is 70.6 Å². The highest BCUT2D eigenvalue weighted by Crippen LogP contribution is 2.32. The van der Waals surface area contributed by atoms with Crippen molar-refractivity contribution < 1.29 is 19.1 Å². The van der Waals surface area contributed by atoms with Gasteiger partial charge in [0.2, 0.25) is 5.91 Å². The molecule has 2 aromatic carbocycles. The van der Waals surface area contributed by atoms with E-state index in [2.05, 4.69) is 27.2 Å². The molecule has 0 radical (unpaired) electrons. The van der Waals surface area contributed by atoms with Gasteiger partial charge in [0.05, 0.1) is 31.9 Å². The van der Waals surface area contributed by atoms with Gasteiger partial charge in [-0.15, -0.1) is 11.3 Å². The number of piperazine rings is 1. The zero-order valence-electron chi connectivity index (χ0n) is 20.4. The van der Waals surface area contributed by atoms with Crippen molar-refractivity contribution in [1.82, 2.24) is 4.90 Å². The fraction of sp³-hybridized carbons (Fsp3) is 0.333. The second-order valence-corrected chi connectivity index (χ2v) is 9.48. The first-order chi connectivity index (χ1) is 17.0. The number of rotatable bonds is 9. The van der Waals surface area contributed by atoms with Crippen LogP contribution in [0.2, 0.25) is 0 Å². The van der Waals surface area contributed by atoms with Crippen LogP contribution in [0, 0.1) is 0 Å². The van der Waals surface area contributed by atoms with E-state index in [4.69, 9.17) is 9.47 Å². The molecule has 0 bridgehead atoms. The minimum atomic E-state index is -0.151. The molecule has 0 unspecified atom stereocenters. The fourth-order valence-corrected chi connectivity index (χ4v) is 5.19. The molecule has 7 nitrogen and oxygen atoms in total. The Morgan fingerprint density at radius 1 is 0.943 bits per heavy atom. The minimum Gasteiger partial charge on any atom is -0.497 e. The van der Waals surface area contributed by atoms with Crippen LogP contribution in [0.3, 0.4) is 0 Å². The highest BCUT2D eigenvalue weighted by Gasteiger charge is 2.23. The number of hydrogen-bond donors (Lipinski definition) is 1. The topological polar surface area (TPSA) is 71.1 Å². The molecule has 2 heterocycles. The number of methoxy groups -OCH3 is 2. The number of para-hydroxylation sites is 1. The van der Waals surface area contributed by atoms with Gasteiger partial charge in [0.25, 0.3) is 0 Å². The molecule has 184 valence electrons. The Kier molecular flexibility index (Phi) is 8.05. The molecule has 35 heavy (non-hydrogen) atoms. The maximum atomic E-state index is 13.3. The van der Waals surface area contributed by atoms with Crippen LogP contribution in [0.4, 0.5) is 10.7 Å². The van der Waals surface area contributed by atoms with Gasteiger partial charge in [-0.2, -0.15) is 0 Å². The molecule has 1 saturated heterocycles. The van der Waals surface area contributed by atoms with E-state index in [-0.39, 0.29) is 18.2 Å². The normalized spacial score (nSPS) is 14.0. The number of carbonyl (C=O) groups is 2. The van der Waals surface area contributed by atoms with Gasteiger partial charge in [-0.3, -0.25) is 14.5 Å². The Morgan fingerprint density at radius 2 is 1.66 bits per heavy atom. The van der Waals surface area contributed by atoms with Gasteiger partial charge in [0.15, 0.2) is 5.78 Å². The number of aryl methyl sites for hydroxylation is 1. The number of carbonyl (C=O) groups excluding carboxylic acids is 2. The van der Waals surface area contributed by atoms with Gasteiger partial charge in [-0.05, 0) is 48.9 Å². The molecule has 0 spiro atoms. The Balaban J connectivity index is 1.38. The highest BCUT2D eigenvalue weighted by atomic mass is 32.1. The lowest BCUT2D eigenvalue weighted by atomic mass is 10.0. The van der Waals surface area contributed by atoms with Gasteiger partial charge in [-0.1, -0.05) is 19.1 Å². The third-order valence-electron chi connectivity index (χ3n) is 6.16. The summed E-state index contributed by atoms with van der Waals surface area (Å²) in [6, 6.07) is 17.1. The predicted octanol–water partition coefficient (Wildman–Crippen LogP) is 4.32. The lowest BCUT2D eigenvalue weighted by Gasteiger charge is -2.35. The number of thiophene rings is 1. The van der Waals surface area contributed by atoms with Crippen LogP contribution in [0.15, 0.2) is 54.6 Å². The predicted molar refractivity (Wildman–Crippen MR) is 140 cm³/mol. The monoisotopic (exact) mass is 493 g/mol. The molecule has 1 fully saturated rings. The van der Waals surface area contributed by atoms with E-state index >= 15 is 0 Å². The van der Waals surface area contributed by atoms with Gasteiger partial charge in [0.1, 0.15) is 16.5 Å². The molecule has 3 aromatic rings. The summed E-state index contributed by atoms with van der Waals surface area (Å²) in [5, 5.41) is 3.60. The summed E-state index contributed by atoms with van der Waals surface area (Å²) in [6.45, 7) is 5.59. The molecule has 1 aromatic heterocycles. The second kappa shape index (κ2) is 11.4. The summed E-state index contributed by atoms with van der Waals surface area (Å²) in [5.41, 5.74) is 2.15. The number of ether oxygens (including phenoxy) is 2. The molecular weight excluding hydrogens is 462 g/mol. The first kappa shape index (κ1) is 24.8. The van der Waals surface area contributed by atoms with Gasteiger partial charge < -0.3 is 19.7 Å². The summed E-state index contributed by atoms with van der Waals surface area (Å²) in [4.78, 5) is 31.7. The van der Waals surface area contributed by atoms with Gasteiger partial charge >= 0.3 is 0 Å². The fourth-order valence-electron chi connectivity index (χ4n) is 4.18. The summed E-state index contributed by atoms with van der Waals surface area (Å²) in [7, 11) is 3.21. The standard InChI is InChI=1S/C27H31N3O4S/c1-4-21-17-23(26(32)22-7-5-6-8-24(22)34-3)27(35-21)28-25(31)18-29-13-15-30(16-14-29)19-9-11-20(33-2)12-10-19/h5-12,17H,4,13-16,18H2,1-3H3,(H,28,31). The van der Waals surface area contributed by atoms with Crippen LogP contribution in [-0.2, 0) is 11.2 Å². The van der Waals surface area contributed by atoms with Crippen LogP contribution in [-0.4, -0.2) is 63.5 Å². The number of anilines is 2. The van der Waals surface area contributed by atoms with Crippen LogP contribution in [0.5, 0.6) is 11.5 Å². The van der Waals surface area contributed by atoms with Crippen LogP contribution < -0.4 is 19.7 Å². The molecule has 4 rings (SSSR count). The van der Waals surface area contributed by atoms with Crippen molar-refractivity contribution in [2.75, 3.05) is 57.2 Å². The van der Waals surface area contributed by atoms with E-state index in [9.17, 15) is 9.59 Å². The third kappa shape index (κ3) is 5.83. The van der Waals surface area contributed by atoms with E-state index in [0.717, 1.165) is 48.9 Å². The lowest BCUT2D eigenvalue weighted by Crippen LogP contribution is -2.48. The Bertz CT molecular complexity index is 1170. The SMILES string of the molecule is CCc1cc(C(=O)c2ccccc2OC)c(NC(=O)CN2CCN(c3ccc(OC)cc3)CC2)s1. The molecule has 1 N–H and O–H groups in total. The van der Waals surface area contributed by atoms with E-state index in [1.807, 2.05) is 37.3 Å². The highest BCUT2D eigenvalue weighted by molar-refractivity contribution is 7.16. The number of nitrogens with zero attached hydrogens (tertiary/aromatic N) is 2. The third-order valence-corrected chi connectivity index (χ3v) is 7.35. The number of hydrogen-bond acceptors (Lipinski definition) is 7. The number of amides is 1. The van der Waals surface area contributed by atoms with E-state index < -0.39 is 0 Å². The van der Waals surface area contributed by atoms with Crippen molar-refractivity contribution in [2.24, 2.45) is 0 Å². The van der Waals surface area contributed by atoms with Crippen molar-refractivity contribution in [3.8, 4) is 11.5 Å². The maximum Gasteiger partial charge on any atom is 0.239 e. The average Bonchev–Trinajstić information content (AvgIpc) is 3.31. The minimum absolute atomic E-state index is 0.110. The smallest absolute Gasteiger partial charge is 0.239 e. The first-order valence-electron chi connectivity index (χ1n) is 11.7. The molecule has 1 aliphatic heterocycles. The van der Waals surface area contributed by atoms with Crippen molar-refractivity contribution in [1.29, 1.82) is 0 Å². The summed E-state index contributed by atoms with van der Waals surface area (Å²) in [6.07, 6.45) is 0.792. The van der Waals surface area contributed by atoms with Crippen molar-refractivity contribution in [2.45, 2.75) is 13.3 Å². The number of ketones is 1. The van der Waals surface area contributed by atoms with E-state index in [0.29, 0.717) is 21.9 Å². The van der Waals surface area contributed by atoms with E-state index in [1.54, 1.807) is 26.4 Å². The molecule has 0 saturated carbocycles. The van der Waals surface area contributed by atoms with Gasteiger partial charge in [-0.25, -0.2) is 0 Å². The molecular formula is C27H31N3O4S. The largest absolute Gasteiger partial charge is 0.497 e. The molecule has 1 amide bonds. The zero-order valence-corrected chi connectivity index (χ0v) is 21.2. The van der Waals surface area contributed by atoms with Crippen LogP contribution in [0.1, 0.15) is 27.7 Å². The Morgan fingerprint density at radius 3 is 2.31 bits per heavy atom. The molecule has 0 aliphatic carbocycles. The van der Waals surface area contributed by atoms with E-state index in [1.165, 1.54) is 11.3 Å². The van der Waals surface area contributed by atoms with Gasteiger partial charge in [0, 0.05) is 36.7 Å². The quantitative estimate of drug-likeness (QED) is 0.448. The second-order valence-electron chi connectivity index (χ2n) is 8.35. The molecule has 0 atom stereocenters. The molecule has 1 aliphatic rings. The zero-order chi connectivity index (χ0) is 24.8. The maximum absolute atomic E-state index is 13.3. The molecule has 8 heteroatoms. The number of nitrogens with one attached hydrogen (secondary N) is 1. The summed E-state index contributed by atoms with van der Waals surface area (Å²) in [5.74, 6) is 1.10. The lowest BCUT2D eigenvalue weighted by molar-refractivity contribution is -0.117. The van der Waals surface area contributed by atoms with Crippen LogP contribution >= 0.6 is 11.3 Å². The average molecular weight is 494 g/mol. The summed E-state index contributed by atoms with van der Waals surface area (Å²) >= 11 is 1.46. The summed E-state index contributed by atoms with van der Waals surface area (Å²) < 4.78 is 10.6. The Labute approximate surface area is 210 Å².